The molecule has 1 amide bonds. The Hall–Kier alpha value is -1.85. The van der Waals surface area contributed by atoms with Crippen molar-refractivity contribution in [2.45, 2.75) is 45.8 Å². The van der Waals surface area contributed by atoms with E-state index in [-0.39, 0.29) is 11.5 Å². The first-order valence-electron chi connectivity index (χ1n) is 5.82. The van der Waals surface area contributed by atoms with Gasteiger partial charge in [0.25, 0.3) is 5.79 Å². The number of hydrogen-bond acceptors (Lipinski definition) is 5. The molecule has 0 spiro atoms. The first-order chi connectivity index (χ1) is 8.35. The van der Waals surface area contributed by atoms with E-state index >= 15 is 0 Å². The highest BCUT2D eigenvalue weighted by Gasteiger charge is 2.38. The van der Waals surface area contributed by atoms with Gasteiger partial charge < -0.3 is 14.8 Å². The number of carbonyl (C=O) groups is 3. The molecule has 0 bridgehead atoms. The van der Waals surface area contributed by atoms with E-state index in [1.807, 2.05) is 6.92 Å². The maximum Gasteiger partial charge on any atom is 0.350 e. The summed E-state index contributed by atoms with van der Waals surface area (Å²) in [6.45, 7) is 4.88. The SMILES string of the molecule is CCCCC(=O)NC=C1C(=O)OC(C)(C)OC1=O. The molecule has 1 heterocycles. The van der Waals surface area contributed by atoms with Gasteiger partial charge in [-0.25, -0.2) is 9.59 Å². The Morgan fingerprint density at radius 2 is 1.83 bits per heavy atom. The average Bonchev–Trinajstić information content (AvgIpc) is 2.23. The fourth-order valence-electron chi connectivity index (χ4n) is 1.34. The lowest BCUT2D eigenvalue weighted by Crippen LogP contribution is -2.42. The van der Waals surface area contributed by atoms with Crippen molar-refractivity contribution in [3.8, 4) is 0 Å². The van der Waals surface area contributed by atoms with Crippen LogP contribution in [0.2, 0.25) is 0 Å². The summed E-state index contributed by atoms with van der Waals surface area (Å²) in [6, 6.07) is 0. The summed E-state index contributed by atoms with van der Waals surface area (Å²) in [7, 11) is 0. The number of ether oxygens (including phenoxy) is 2. The highest BCUT2D eigenvalue weighted by atomic mass is 16.7. The van der Waals surface area contributed by atoms with Crippen LogP contribution in [0.15, 0.2) is 11.8 Å². The van der Waals surface area contributed by atoms with Crippen molar-refractivity contribution < 1.29 is 23.9 Å². The second-order valence-corrected chi connectivity index (χ2v) is 4.41. The predicted octanol–water partition coefficient (Wildman–Crippen LogP) is 1.01. The van der Waals surface area contributed by atoms with Crippen molar-refractivity contribution in [2.24, 2.45) is 0 Å². The lowest BCUT2D eigenvalue weighted by atomic mass is 10.2. The highest BCUT2D eigenvalue weighted by Crippen LogP contribution is 2.21. The molecular weight excluding hydrogens is 238 g/mol. The lowest BCUT2D eigenvalue weighted by Gasteiger charge is -2.29. The monoisotopic (exact) mass is 255 g/mol. The molecule has 0 aromatic rings. The van der Waals surface area contributed by atoms with Crippen LogP contribution in [0, 0.1) is 0 Å². The highest BCUT2D eigenvalue weighted by molar-refractivity contribution is 6.15. The molecular formula is C12H17NO5. The lowest BCUT2D eigenvalue weighted by molar-refractivity contribution is -0.222. The molecule has 0 atom stereocenters. The molecule has 1 saturated heterocycles. The topological polar surface area (TPSA) is 81.7 Å². The largest absolute Gasteiger partial charge is 0.419 e. The summed E-state index contributed by atoms with van der Waals surface area (Å²) in [5.74, 6) is -3.12. The van der Waals surface area contributed by atoms with Gasteiger partial charge in [0, 0.05) is 26.5 Å². The van der Waals surface area contributed by atoms with Gasteiger partial charge in [-0.1, -0.05) is 13.3 Å². The van der Waals surface area contributed by atoms with E-state index in [1.165, 1.54) is 13.8 Å². The van der Waals surface area contributed by atoms with E-state index in [0.29, 0.717) is 6.42 Å². The summed E-state index contributed by atoms with van der Waals surface area (Å²) in [5.41, 5.74) is -0.306. The summed E-state index contributed by atoms with van der Waals surface area (Å²) < 4.78 is 9.74. The van der Waals surface area contributed by atoms with E-state index in [4.69, 9.17) is 9.47 Å². The van der Waals surface area contributed by atoms with Crippen LogP contribution in [0.1, 0.15) is 40.0 Å². The average molecular weight is 255 g/mol. The Kier molecular flexibility index (Phi) is 4.47. The molecule has 0 saturated carbocycles. The van der Waals surface area contributed by atoms with Gasteiger partial charge in [-0.2, -0.15) is 0 Å². The van der Waals surface area contributed by atoms with Crippen LogP contribution >= 0.6 is 0 Å². The van der Waals surface area contributed by atoms with Crippen molar-refractivity contribution in [2.75, 3.05) is 0 Å². The molecule has 0 radical (unpaired) electrons. The minimum absolute atomic E-state index is 0.255. The Bertz CT molecular complexity index is 375. The minimum Gasteiger partial charge on any atom is -0.419 e. The maximum atomic E-state index is 11.5. The van der Waals surface area contributed by atoms with Gasteiger partial charge in [0.1, 0.15) is 0 Å². The van der Waals surface area contributed by atoms with Crippen molar-refractivity contribution in [1.82, 2.24) is 5.32 Å². The number of cyclic esters (lactones) is 2. The molecule has 0 aromatic carbocycles. The number of carbonyl (C=O) groups excluding carboxylic acids is 3. The van der Waals surface area contributed by atoms with Crippen LogP contribution in [0.5, 0.6) is 0 Å². The molecule has 1 N–H and O–H groups in total. The molecule has 1 aliphatic rings. The molecule has 6 heteroatoms. The van der Waals surface area contributed by atoms with Gasteiger partial charge in [-0.05, 0) is 6.42 Å². The van der Waals surface area contributed by atoms with Crippen molar-refractivity contribution in [3.05, 3.63) is 11.8 Å². The Morgan fingerprint density at radius 1 is 1.28 bits per heavy atom. The zero-order valence-electron chi connectivity index (χ0n) is 10.7. The van der Waals surface area contributed by atoms with Crippen LogP contribution in [0.25, 0.3) is 0 Å². The molecule has 0 aliphatic carbocycles. The third kappa shape index (κ3) is 3.87. The van der Waals surface area contributed by atoms with Crippen molar-refractivity contribution >= 4 is 17.8 Å². The third-order valence-corrected chi connectivity index (χ3v) is 2.25. The van der Waals surface area contributed by atoms with Crippen molar-refractivity contribution in [1.29, 1.82) is 0 Å². The van der Waals surface area contributed by atoms with E-state index < -0.39 is 17.7 Å². The second kappa shape index (κ2) is 5.66. The van der Waals surface area contributed by atoms with Gasteiger partial charge in [0.05, 0.1) is 0 Å². The van der Waals surface area contributed by atoms with E-state index in [9.17, 15) is 14.4 Å². The summed E-state index contributed by atoms with van der Waals surface area (Å²) >= 11 is 0. The Balaban J connectivity index is 2.63. The van der Waals surface area contributed by atoms with Crippen LogP contribution < -0.4 is 5.32 Å². The van der Waals surface area contributed by atoms with E-state index in [2.05, 4.69) is 5.32 Å². The van der Waals surface area contributed by atoms with Crippen LogP contribution in [-0.4, -0.2) is 23.6 Å². The second-order valence-electron chi connectivity index (χ2n) is 4.41. The zero-order valence-corrected chi connectivity index (χ0v) is 10.7. The van der Waals surface area contributed by atoms with Gasteiger partial charge in [-0.3, -0.25) is 4.79 Å². The van der Waals surface area contributed by atoms with Gasteiger partial charge in [0.15, 0.2) is 5.57 Å². The fraction of sp³-hybridized carbons (Fsp3) is 0.583. The molecule has 1 fully saturated rings. The van der Waals surface area contributed by atoms with E-state index in [1.54, 1.807) is 0 Å². The Morgan fingerprint density at radius 3 is 2.33 bits per heavy atom. The third-order valence-electron chi connectivity index (χ3n) is 2.25. The van der Waals surface area contributed by atoms with Crippen LogP contribution in [0.4, 0.5) is 0 Å². The van der Waals surface area contributed by atoms with Gasteiger partial charge in [0.2, 0.25) is 5.91 Å². The molecule has 0 aromatic heterocycles. The molecule has 0 unspecified atom stereocenters. The normalized spacial score (nSPS) is 17.8. The molecule has 6 nitrogen and oxygen atoms in total. The minimum atomic E-state index is -1.27. The number of rotatable bonds is 4. The maximum absolute atomic E-state index is 11.5. The molecule has 100 valence electrons. The number of hydrogen-bond donors (Lipinski definition) is 1. The number of esters is 2. The molecule has 1 rings (SSSR count). The quantitative estimate of drug-likeness (QED) is 0.460. The van der Waals surface area contributed by atoms with Crippen LogP contribution in [0.3, 0.4) is 0 Å². The van der Waals surface area contributed by atoms with Gasteiger partial charge >= 0.3 is 11.9 Å². The predicted molar refractivity (Wildman–Crippen MR) is 62.0 cm³/mol. The summed E-state index contributed by atoms with van der Waals surface area (Å²) in [5, 5.41) is 2.37. The first-order valence-corrected chi connectivity index (χ1v) is 5.82. The standard InChI is InChI=1S/C12H17NO5/c1-4-5-6-9(14)13-7-8-10(15)17-12(2,3)18-11(8)16/h7H,4-6H2,1-3H3,(H,13,14). The number of nitrogens with one attached hydrogen (secondary N) is 1. The van der Waals surface area contributed by atoms with E-state index in [0.717, 1.165) is 19.0 Å². The summed E-state index contributed by atoms with van der Waals surface area (Å²) in [4.78, 5) is 34.3. The van der Waals surface area contributed by atoms with Gasteiger partial charge in [-0.15, -0.1) is 0 Å². The Labute approximate surface area is 105 Å². The van der Waals surface area contributed by atoms with Crippen molar-refractivity contribution in [3.63, 3.8) is 0 Å². The molecule has 18 heavy (non-hydrogen) atoms. The fourth-order valence-corrected chi connectivity index (χ4v) is 1.34. The number of unbranched alkanes of at least 4 members (excludes halogenated alkanes) is 1. The number of amides is 1. The van der Waals surface area contributed by atoms with Crippen LogP contribution in [-0.2, 0) is 23.9 Å². The smallest absolute Gasteiger partial charge is 0.350 e. The first kappa shape index (κ1) is 14.2. The zero-order chi connectivity index (χ0) is 13.8. The summed E-state index contributed by atoms with van der Waals surface area (Å²) in [6.07, 6.45) is 3.02. The molecule has 1 aliphatic heterocycles.